The molecule has 0 aliphatic carbocycles. The summed E-state index contributed by atoms with van der Waals surface area (Å²) in [6.45, 7) is 2.59. The van der Waals surface area contributed by atoms with Gasteiger partial charge < -0.3 is 4.74 Å². The van der Waals surface area contributed by atoms with Gasteiger partial charge in [0.25, 0.3) is 0 Å². The minimum atomic E-state index is -0.319. The molecule has 7 nitrogen and oxygen atoms in total. The molecule has 0 radical (unpaired) electrons. The van der Waals surface area contributed by atoms with Crippen LogP contribution in [0.5, 0.6) is 0 Å². The lowest BCUT2D eigenvalue weighted by atomic mass is 10.2. The van der Waals surface area contributed by atoms with Crippen molar-refractivity contribution in [3.8, 4) is 11.5 Å². The Morgan fingerprint density at radius 1 is 1.20 bits per heavy atom. The van der Waals surface area contributed by atoms with Crippen LogP contribution in [0.1, 0.15) is 12.5 Å². The lowest BCUT2D eigenvalue weighted by Gasteiger charge is -2.11. The summed E-state index contributed by atoms with van der Waals surface area (Å²) in [6, 6.07) is 15.3. The molecule has 25 heavy (non-hydrogen) atoms. The highest BCUT2D eigenvalue weighted by atomic mass is 16.5. The second-order valence-electron chi connectivity index (χ2n) is 5.61. The Balaban J connectivity index is 1.49. The third-order valence-corrected chi connectivity index (χ3v) is 3.55. The normalized spacial score (nSPS) is 11.9. The number of nitrogens with one attached hydrogen (secondary N) is 2. The van der Waals surface area contributed by atoms with E-state index >= 15 is 0 Å². The topological polar surface area (TPSA) is 92.8 Å². The molecule has 128 valence electrons. The number of rotatable bonds is 7. The van der Waals surface area contributed by atoms with Gasteiger partial charge in [0.2, 0.25) is 11.9 Å². The number of amides is 1. The van der Waals surface area contributed by atoms with Crippen molar-refractivity contribution in [1.82, 2.24) is 20.2 Å². The number of benzene rings is 1. The first-order valence-electron chi connectivity index (χ1n) is 7.98. The maximum atomic E-state index is 12.2. The number of nitrogens with zero attached hydrogens (tertiary/aromatic N) is 3. The first-order valence-corrected chi connectivity index (χ1v) is 7.98. The summed E-state index contributed by atoms with van der Waals surface area (Å²) in [5, 5.41) is 9.44. The monoisotopic (exact) mass is 337 g/mol. The third-order valence-electron chi connectivity index (χ3n) is 3.55. The fourth-order valence-electron chi connectivity index (χ4n) is 2.17. The Bertz CT molecular complexity index is 805. The van der Waals surface area contributed by atoms with Crippen LogP contribution >= 0.6 is 0 Å². The van der Waals surface area contributed by atoms with Crippen LogP contribution in [0.2, 0.25) is 0 Å². The zero-order valence-electron chi connectivity index (χ0n) is 13.8. The number of carbonyl (C=O) groups excluding carboxylic acids is 1. The van der Waals surface area contributed by atoms with Gasteiger partial charge in [-0.25, -0.2) is 0 Å². The average molecular weight is 337 g/mol. The van der Waals surface area contributed by atoms with E-state index in [2.05, 4.69) is 25.5 Å². The molecule has 0 spiro atoms. The van der Waals surface area contributed by atoms with E-state index in [-0.39, 0.29) is 17.8 Å². The fraction of sp³-hybridized carbons (Fsp3) is 0.222. The zero-order chi connectivity index (χ0) is 17.5. The van der Waals surface area contributed by atoms with E-state index in [1.807, 2.05) is 48.5 Å². The zero-order valence-corrected chi connectivity index (χ0v) is 13.8. The predicted octanol–water partition coefficient (Wildman–Crippen LogP) is 2.66. The second-order valence-corrected chi connectivity index (χ2v) is 5.61. The van der Waals surface area contributed by atoms with Crippen molar-refractivity contribution in [2.24, 2.45) is 5.92 Å². The van der Waals surface area contributed by atoms with Gasteiger partial charge >= 0.3 is 0 Å². The molecule has 0 saturated carbocycles. The molecule has 1 amide bonds. The third kappa shape index (κ3) is 4.71. The molecule has 0 bridgehead atoms. The van der Waals surface area contributed by atoms with Crippen molar-refractivity contribution in [3.05, 3.63) is 60.3 Å². The Hall–Kier alpha value is -3.06. The van der Waals surface area contributed by atoms with Gasteiger partial charge in [-0.05, 0) is 17.7 Å². The molecule has 3 rings (SSSR count). The molecule has 0 fully saturated rings. The van der Waals surface area contributed by atoms with Gasteiger partial charge in [-0.1, -0.05) is 43.3 Å². The standard InChI is InChI=1S/C18H19N5O2/c1-13(11-25-12-14-7-3-2-4-8-14)17(24)21-18-20-16(22-23-18)15-9-5-6-10-19-15/h2-10,13H,11-12H2,1H3,(H2,20,21,22,23,24)/t13-/m1/s1. The molecule has 2 N–H and O–H groups in total. The summed E-state index contributed by atoms with van der Waals surface area (Å²) >= 11 is 0. The number of pyridine rings is 1. The maximum absolute atomic E-state index is 12.2. The molecule has 0 aliphatic rings. The first-order chi connectivity index (χ1) is 12.2. The predicted molar refractivity (Wildman–Crippen MR) is 93.5 cm³/mol. The minimum absolute atomic E-state index is 0.195. The highest BCUT2D eigenvalue weighted by Gasteiger charge is 2.16. The van der Waals surface area contributed by atoms with E-state index in [1.165, 1.54) is 0 Å². The minimum Gasteiger partial charge on any atom is -0.376 e. The molecule has 0 unspecified atom stereocenters. The lowest BCUT2D eigenvalue weighted by molar-refractivity contribution is -0.121. The summed E-state index contributed by atoms with van der Waals surface area (Å²) in [5.74, 6) is 0.213. The van der Waals surface area contributed by atoms with Crippen LogP contribution in [0, 0.1) is 5.92 Å². The molecule has 1 aromatic carbocycles. The lowest BCUT2D eigenvalue weighted by Crippen LogP contribution is -2.24. The molecule has 2 heterocycles. The van der Waals surface area contributed by atoms with Crippen molar-refractivity contribution in [2.45, 2.75) is 13.5 Å². The smallest absolute Gasteiger partial charge is 0.249 e. The quantitative estimate of drug-likeness (QED) is 0.691. The molecule has 7 heteroatoms. The molecule has 0 saturated heterocycles. The first kappa shape index (κ1) is 16.8. The molecular formula is C18H19N5O2. The Morgan fingerprint density at radius 3 is 2.76 bits per heavy atom. The number of hydrogen-bond acceptors (Lipinski definition) is 5. The van der Waals surface area contributed by atoms with E-state index in [0.717, 1.165) is 5.56 Å². The summed E-state index contributed by atoms with van der Waals surface area (Å²) in [5.41, 5.74) is 1.74. The van der Waals surface area contributed by atoms with E-state index in [0.29, 0.717) is 24.7 Å². The van der Waals surface area contributed by atoms with Gasteiger partial charge in [0.1, 0.15) is 5.69 Å². The summed E-state index contributed by atoms with van der Waals surface area (Å²) in [7, 11) is 0. The van der Waals surface area contributed by atoms with Gasteiger partial charge in [0.05, 0.1) is 19.1 Å². The fourth-order valence-corrected chi connectivity index (χ4v) is 2.17. The van der Waals surface area contributed by atoms with Gasteiger partial charge in [0.15, 0.2) is 5.82 Å². The number of hydrogen-bond donors (Lipinski definition) is 2. The van der Waals surface area contributed by atoms with Gasteiger partial charge in [0, 0.05) is 6.20 Å². The van der Waals surface area contributed by atoms with Gasteiger partial charge in [-0.2, -0.15) is 4.98 Å². The number of H-pyrrole nitrogens is 1. The van der Waals surface area contributed by atoms with E-state index in [9.17, 15) is 4.79 Å². The van der Waals surface area contributed by atoms with Crippen LogP contribution in [0.3, 0.4) is 0 Å². The average Bonchev–Trinajstić information content (AvgIpc) is 3.12. The second kappa shape index (κ2) is 8.16. The largest absolute Gasteiger partial charge is 0.376 e. The summed E-state index contributed by atoms with van der Waals surface area (Å²) in [4.78, 5) is 20.6. The van der Waals surface area contributed by atoms with E-state index in [4.69, 9.17) is 4.74 Å². The highest BCUT2D eigenvalue weighted by Crippen LogP contribution is 2.13. The van der Waals surface area contributed by atoms with Crippen LogP contribution in [0.4, 0.5) is 5.95 Å². The number of carbonyl (C=O) groups is 1. The maximum Gasteiger partial charge on any atom is 0.249 e. The summed E-state index contributed by atoms with van der Waals surface area (Å²) < 4.78 is 5.60. The number of aromatic amines is 1. The molecule has 0 aliphatic heterocycles. The molecular weight excluding hydrogens is 318 g/mol. The van der Waals surface area contributed by atoms with Crippen molar-refractivity contribution in [2.75, 3.05) is 11.9 Å². The van der Waals surface area contributed by atoms with Crippen molar-refractivity contribution in [1.29, 1.82) is 0 Å². The van der Waals surface area contributed by atoms with Crippen LogP contribution in [0.15, 0.2) is 54.7 Å². The molecule has 1 atom stereocenters. The SMILES string of the molecule is C[C@H](COCc1ccccc1)C(=O)Nc1n[nH]c(-c2ccccn2)n1. The van der Waals surface area contributed by atoms with Crippen LogP contribution in [-0.4, -0.2) is 32.7 Å². The molecule has 2 aromatic heterocycles. The number of ether oxygens (including phenoxy) is 1. The van der Waals surface area contributed by atoms with Gasteiger partial charge in [-0.15, -0.1) is 5.10 Å². The van der Waals surface area contributed by atoms with Crippen molar-refractivity contribution < 1.29 is 9.53 Å². The van der Waals surface area contributed by atoms with Crippen LogP contribution < -0.4 is 5.32 Å². The Labute approximate surface area is 145 Å². The van der Waals surface area contributed by atoms with Crippen molar-refractivity contribution >= 4 is 11.9 Å². The number of aromatic nitrogens is 4. The summed E-state index contributed by atoms with van der Waals surface area (Å²) in [6.07, 6.45) is 1.67. The van der Waals surface area contributed by atoms with Crippen LogP contribution in [-0.2, 0) is 16.1 Å². The Morgan fingerprint density at radius 2 is 2.00 bits per heavy atom. The molecule has 3 aromatic rings. The van der Waals surface area contributed by atoms with Gasteiger partial charge in [-0.3, -0.25) is 20.2 Å². The van der Waals surface area contributed by atoms with Crippen molar-refractivity contribution in [3.63, 3.8) is 0 Å². The number of anilines is 1. The van der Waals surface area contributed by atoms with E-state index < -0.39 is 0 Å². The van der Waals surface area contributed by atoms with E-state index in [1.54, 1.807) is 13.1 Å². The van der Waals surface area contributed by atoms with Crippen LogP contribution in [0.25, 0.3) is 11.5 Å². The highest BCUT2D eigenvalue weighted by molar-refractivity contribution is 5.90. The Kier molecular flexibility index (Phi) is 5.48.